The van der Waals surface area contributed by atoms with Gasteiger partial charge in [-0.05, 0) is 19.3 Å². The first-order valence-corrected chi connectivity index (χ1v) is 5.62. The van der Waals surface area contributed by atoms with Crippen molar-refractivity contribution < 1.29 is 9.90 Å². The van der Waals surface area contributed by atoms with Gasteiger partial charge in [-0.1, -0.05) is 32.6 Å². The highest BCUT2D eigenvalue weighted by molar-refractivity contribution is 5.75. The number of rotatable bonds is 3. The third-order valence-corrected chi connectivity index (χ3v) is 3.57. The molecule has 0 saturated heterocycles. The molecule has 0 aliphatic heterocycles. The monoisotopic (exact) mass is 199 g/mol. The molecule has 1 atom stereocenters. The summed E-state index contributed by atoms with van der Waals surface area (Å²) < 4.78 is 0. The predicted octanol–water partition coefficient (Wildman–Crippen LogP) is 2.15. The molecule has 1 rings (SSSR count). The molecule has 0 amide bonds. The Hall–Kier alpha value is -0.570. The quantitative estimate of drug-likeness (QED) is 0.684. The third kappa shape index (κ3) is 2.08. The Morgan fingerprint density at radius 2 is 1.86 bits per heavy atom. The van der Waals surface area contributed by atoms with E-state index < -0.39 is 11.4 Å². The zero-order chi connectivity index (χ0) is 10.6. The number of carboxylic acid groups (broad SMARTS) is 1. The molecule has 0 spiro atoms. The molecule has 3 nitrogen and oxygen atoms in total. The van der Waals surface area contributed by atoms with Gasteiger partial charge in [-0.3, -0.25) is 4.79 Å². The zero-order valence-corrected chi connectivity index (χ0v) is 8.96. The highest BCUT2D eigenvalue weighted by Crippen LogP contribution is 2.38. The molecule has 0 aromatic heterocycles. The molecule has 1 unspecified atom stereocenters. The number of hydrogen-bond acceptors (Lipinski definition) is 2. The van der Waals surface area contributed by atoms with E-state index in [0.717, 1.165) is 44.9 Å². The van der Waals surface area contributed by atoms with Gasteiger partial charge in [0, 0.05) is 6.04 Å². The lowest BCUT2D eigenvalue weighted by atomic mass is 9.73. The standard InChI is InChI=1S/C11H21NO2/c1-2-9(12)11(10(13)14)7-5-3-4-6-8-11/h9H,2-8,12H2,1H3,(H,13,14). The highest BCUT2D eigenvalue weighted by Gasteiger charge is 2.43. The van der Waals surface area contributed by atoms with Crippen LogP contribution >= 0.6 is 0 Å². The fraction of sp³-hybridized carbons (Fsp3) is 0.909. The van der Waals surface area contributed by atoms with Gasteiger partial charge in [0.25, 0.3) is 0 Å². The maximum Gasteiger partial charge on any atom is 0.311 e. The number of aliphatic carboxylic acids is 1. The Morgan fingerprint density at radius 1 is 1.36 bits per heavy atom. The van der Waals surface area contributed by atoms with Crippen LogP contribution in [0.1, 0.15) is 51.9 Å². The summed E-state index contributed by atoms with van der Waals surface area (Å²) >= 11 is 0. The minimum Gasteiger partial charge on any atom is -0.481 e. The van der Waals surface area contributed by atoms with Gasteiger partial charge in [0.2, 0.25) is 0 Å². The minimum atomic E-state index is -0.686. The van der Waals surface area contributed by atoms with Crippen molar-refractivity contribution in [2.45, 2.75) is 57.9 Å². The molecule has 3 heteroatoms. The van der Waals surface area contributed by atoms with Crippen molar-refractivity contribution in [3.05, 3.63) is 0 Å². The molecule has 3 N–H and O–H groups in total. The lowest BCUT2D eigenvalue weighted by molar-refractivity contribution is -0.151. The number of nitrogens with two attached hydrogens (primary N) is 1. The Bertz CT molecular complexity index is 195. The van der Waals surface area contributed by atoms with E-state index in [0.29, 0.717) is 0 Å². The second-order valence-corrected chi connectivity index (χ2v) is 4.39. The second kappa shape index (κ2) is 4.78. The van der Waals surface area contributed by atoms with Crippen molar-refractivity contribution >= 4 is 5.97 Å². The minimum absolute atomic E-state index is 0.182. The van der Waals surface area contributed by atoms with Crippen LogP contribution in [0.15, 0.2) is 0 Å². The van der Waals surface area contributed by atoms with Gasteiger partial charge in [0.05, 0.1) is 5.41 Å². The summed E-state index contributed by atoms with van der Waals surface area (Å²) in [4.78, 5) is 11.3. The summed E-state index contributed by atoms with van der Waals surface area (Å²) in [5.74, 6) is -0.686. The van der Waals surface area contributed by atoms with Crippen LogP contribution < -0.4 is 5.73 Å². The van der Waals surface area contributed by atoms with Crippen molar-refractivity contribution in [3.8, 4) is 0 Å². The molecular formula is C11H21NO2. The summed E-state index contributed by atoms with van der Waals surface area (Å²) in [5, 5.41) is 9.34. The van der Waals surface area contributed by atoms with Crippen LogP contribution in [-0.2, 0) is 4.79 Å². The van der Waals surface area contributed by atoms with Gasteiger partial charge in [-0.15, -0.1) is 0 Å². The fourth-order valence-corrected chi connectivity index (χ4v) is 2.49. The molecule has 1 fully saturated rings. The van der Waals surface area contributed by atoms with Gasteiger partial charge in [0.15, 0.2) is 0 Å². The lowest BCUT2D eigenvalue weighted by Gasteiger charge is -2.33. The first-order chi connectivity index (χ1) is 6.63. The van der Waals surface area contributed by atoms with Crippen LogP contribution in [0, 0.1) is 5.41 Å². The Kier molecular flexibility index (Phi) is 3.93. The normalized spacial score (nSPS) is 23.9. The van der Waals surface area contributed by atoms with Crippen molar-refractivity contribution in [2.24, 2.45) is 11.1 Å². The first-order valence-electron chi connectivity index (χ1n) is 5.62. The van der Waals surface area contributed by atoms with Gasteiger partial charge in [-0.2, -0.15) is 0 Å². The Balaban J connectivity index is 2.83. The molecule has 0 heterocycles. The fourth-order valence-electron chi connectivity index (χ4n) is 2.49. The van der Waals surface area contributed by atoms with Gasteiger partial charge in [0.1, 0.15) is 0 Å². The third-order valence-electron chi connectivity index (χ3n) is 3.57. The number of carbonyl (C=O) groups is 1. The summed E-state index contributed by atoms with van der Waals surface area (Å²) in [7, 11) is 0. The Morgan fingerprint density at radius 3 is 2.21 bits per heavy atom. The van der Waals surface area contributed by atoms with Crippen LogP contribution in [0.2, 0.25) is 0 Å². The lowest BCUT2D eigenvalue weighted by Crippen LogP contribution is -2.47. The maximum absolute atomic E-state index is 11.3. The molecule has 0 radical (unpaired) electrons. The number of carboxylic acids is 1. The molecule has 1 aliphatic rings. The highest BCUT2D eigenvalue weighted by atomic mass is 16.4. The second-order valence-electron chi connectivity index (χ2n) is 4.39. The summed E-state index contributed by atoms with van der Waals surface area (Å²) in [6.07, 6.45) is 6.62. The number of hydrogen-bond donors (Lipinski definition) is 2. The van der Waals surface area contributed by atoms with E-state index in [9.17, 15) is 9.90 Å². The predicted molar refractivity (Wildman–Crippen MR) is 56.0 cm³/mol. The zero-order valence-electron chi connectivity index (χ0n) is 8.96. The smallest absolute Gasteiger partial charge is 0.311 e. The average Bonchev–Trinajstić information content (AvgIpc) is 2.42. The van der Waals surface area contributed by atoms with Gasteiger partial charge >= 0.3 is 5.97 Å². The molecule has 0 aromatic carbocycles. The van der Waals surface area contributed by atoms with E-state index in [2.05, 4.69) is 0 Å². The molecule has 1 aliphatic carbocycles. The summed E-state index contributed by atoms with van der Waals surface area (Å²) in [5.41, 5.74) is 5.34. The first kappa shape index (κ1) is 11.5. The average molecular weight is 199 g/mol. The van der Waals surface area contributed by atoms with Crippen LogP contribution in [-0.4, -0.2) is 17.1 Å². The van der Waals surface area contributed by atoms with Crippen LogP contribution in [0.4, 0.5) is 0 Å². The summed E-state index contributed by atoms with van der Waals surface area (Å²) in [6, 6.07) is -0.182. The van der Waals surface area contributed by atoms with Crippen LogP contribution in [0.25, 0.3) is 0 Å². The molecular weight excluding hydrogens is 178 g/mol. The van der Waals surface area contributed by atoms with Crippen LogP contribution in [0.5, 0.6) is 0 Å². The molecule has 82 valence electrons. The van der Waals surface area contributed by atoms with E-state index in [4.69, 9.17) is 5.73 Å². The molecule has 1 saturated carbocycles. The molecule has 0 bridgehead atoms. The topological polar surface area (TPSA) is 63.3 Å². The maximum atomic E-state index is 11.3. The van der Waals surface area contributed by atoms with Crippen molar-refractivity contribution in [3.63, 3.8) is 0 Å². The van der Waals surface area contributed by atoms with Crippen molar-refractivity contribution in [1.82, 2.24) is 0 Å². The van der Waals surface area contributed by atoms with Crippen molar-refractivity contribution in [1.29, 1.82) is 0 Å². The van der Waals surface area contributed by atoms with Crippen LogP contribution in [0.3, 0.4) is 0 Å². The Labute approximate surface area is 85.7 Å². The molecule has 0 aromatic rings. The van der Waals surface area contributed by atoms with Gasteiger partial charge < -0.3 is 10.8 Å². The van der Waals surface area contributed by atoms with E-state index in [1.807, 2.05) is 6.92 Å². The van der Waals surface area contributed by atoms with E-state index in [1.165, 1.54) is 0 Å². The van der Waals surface area contributed by atoms with E-state index >= 15 is 0 Å². The SMILES string of the molecule is CCC(N)C1(C(=O)O)CCCCCC1. The van der Waals surface area contributed by atoms with E-state index in [1.54, 1.807) is 0 Å². The summed E-state index contributed by atoms with van der Waals surface area (Å²) in [6.45, 7) is 1.97. The largest absolute Gasteiger partial charge is 0.481 e. The van der Waals surface area contributed by atoms with Gasteiger partial charge in [-0.25, -0.2) is 0 Å². The van der Waals surface area contributed by atoms with Crippen molar-refractivity contribution in [2.75, 3.05) is 0 Å². The molecule has 14 heavy (non-hydrogen) atoms. The van der Waals surface area contributed by atoms with E-state index in [-0.39, 0.29) is 6.04 Å².